The number of nitrogens with one attached hydrogen (secondary N) is 2. The summed E-state index contributed by atoms with van der Waals surface area (Å²) in [5.74, 6) is 1.10. The van der Waals surface area contributed by atoms with Crippen molar-refractivity contribution in [3.8, 4) is 0 Å². The average molecular weight is 316 g/mol. The van der Waals surface area contributed by atoms with E-state index in [9.17, 15) is 0 Å². The molecule has 0 saturated carbocycles. The van der Waals surface area contributed by atoms with Crippen molar-refractivity contribution >= 4 is 33.8 Å². The van der Waals surface area contributed by atoms with Crippen LogP contribution in [0.5, 0.6) is 0 Å². The maximum atomic E-state index is 6.04. The summed E-state index contributed by atoms with van der Waals surface area (Å²) in [7, 11) is 0. The molecule has 0 bridgehead atoms. The number of aliphatic imine (C=N–C) groups is 1. The summed E-state index contributed by atoms with van der Waals surface area (Å²) in [5, 5.41) is 4.23. The average Bonchev–Trinajstić information content (AvgIpc) is 3.10. The lowest BCUT2D eigenvalue weighted by atomic mass is 10.1. The Hall–Kier alpha value is -3.28. The number of nitrogens with two attached hydrogens (primary N) is 1. The number of guanidine groups is 1. The lowest BCUT2D eigenvalue weighted by Gasteiger charge is -2.24. The normalized spacial score (nSPS) is 16.9. The zero-order chi connectivity index (χ0) is 16.3. The fraction of sp³-hybridized carbons (Fsp3) is 0.111. The quantitative estimate of drug-likeness (QED) is 0.504. The van der Waals surface area contributed by atoms with Gasteiger partial charge in [-0.15, -0.1) is 0 Å². The molecule has 3 heterocycles. The molecule has 0 radical (unpaired) electrons. The Balaban J connectivity index is 1.85. The van der Waals surface area contributed by atoms with Crippen LogP contribution in [0.2, 0.25) is 0 Å². The van der Waals surface area contributed by atoms with E-state index in [1.165, 1.54) is 0 Å². The first-order valence-electron chi connectivity index (χ1n) is 7.87. The van der Waals surface area contributed by atoms with Crippen LogP contribution in [-0.4, -0.2) is 20.5 Å². The molecule has 0 aliphatic carbocycles. The van der Waals surface area contributed by atoms with Crippen molar-refractivity contribution in [2.24, 2.45) is 10.7 Å². The largest absolute Gasteiger partial charge is 0.370 e. The second-order valence-corrected chi connectivity index (χ2v) is 6.02. The number of nitrogens with zero attached hydrogens (tertiary/aromatic N) is 3. The van der Waals surface area contributed by atoms with Gasteiger partial charge in [0.05, 0.1) is 11.0 Å². The third-order valence-corrected chi connectivity index (χ3v) is 4.54. The maximum absolute atomic E-state index is 6.04. The number of rotatable bonds is 1. The summed E-state index contributed by atoms with van der Waals surface area (Å²) < 4.78 is 2.11. The van der Waals surface area contributed by atoms with Gasteiger partial charge in [0, 0.05) is 22.2 Å². The van der Waals surface area contributed by atoms with Crippen LogP contribution in [0, 0.1) is 6.92 Å². The monoisotopic (exact) mass is 316 g/mol. The van der Waals surface area contributed by atoms with E-state index in [1.54, 1.807) is 0 Å². The van der Waals surface area contributed by atoms with Crippen LogP contribution in [0.3, 0.4) is 0 Å². The highest BCUT2D eigenvalue weighted by Crippen LogP contribution is 2.37. The number of aromatic amines is 1. The van der Waals surface area contributed by atoms with Gasteiger partial charge in [-0.3, -0.25) is 9.88 Å². The van der Waals surface area contributed by atoms with Gasteiger partial charge < -0.3 is 10.7 Å². The standard InChI is InChI=1S/C18H16N6/c1-10-15(11-6-2-3-7-12(11)20-10)16-22-17(19)23-18-21-13-8-4-5-9-14(13)24(16)18/h2-9,16,20H,1H3,(H3,19,21,22,23)/t16-/m0/s1. The van der Waals surface area contributed by atoms with Gasteiger partial charge in [-0.05, 0) is 25.1 Å². The van der Waals surface area contributed by atoms with Gasteiger partial charge >= 0.3 is 0 Å². The molecule has 2 aromatic carbocycles. The number of aryl methyl sites for hydroxylation is 1. The van der Waals surface area contributed by atoms with Crippen molar-refractivity contribution < 1.29 is 0 Å². The highest BCUT2D eigenvalue weighted by atomic mass is 15.4. The first kappa shape index (κ1) is 13.2. The van der Waals surface area contributed by atoms with E-state index in [-0.39, 0.29) is 6.17 Å². The summed E-state index contributed by atoms with van der Waals surface area (Å²) in [4.78, 5) is 12.8. The van der Waals surface area contributed by atoms with Gasteiger partial charge in [0.15, 0.2) is 12.1 Å². The zero-order valence-corrected chi connectivity index (χ0v) is 13.1. The minimum absolute atomic E-state index is 0.246. The number of para-hydroxylation sites is 3. The highest BCUT2D eigenvalue weighted by Gasteiger charge is 2.28. The summed E-state index contributed by atoms with van der Waals surface area (Å²) in [6.07, 6.45) is -0.246. The molecule has 6 nitrogen and oxygen atoms in total. The SMILES string of the molecule is Cc1[nH]c2ccccc2c1[C@H]1N=C(N)Nc2nc3ccccc3n21. The van der Waals surface area contributed by atoms with Crippen molar-refractivity contribution in [3.05, 3.63) is 59.8 Å². The van der Waals surface area contributed by atoms with Crippen LogP contribution in [-0.2, 0) is 0 Å². The lowest BCUT2D eigenvalue weighted by molar-refractivity contribution is 0.627. The number of H-pyrrole nitrogens is 1. The molecule has 0 unspecified atom stereocenters. The minimum Gasteiger partial charge on any atom is -0.370 e. The molecule has 0 amide bonds. The molecule has 1 atom stereocenters. The number of hydrogen-bond donors (Lipinski definition) is 3. The van der Waals surface area contributed by atoms with Crippen LogP contribution in [0.25, 0.3) is 21.9 Å². The van der Waals surface area contributed by atoms with Gasteiger partial charge in [0.25, 0.3) is 0 Å². The lowest BCUT2D eigenvalue weighted by Crippen LogP contribution is -2.31. The summed E-state index contributed by atoms with van der Waals surface area (Å²) >= 11 is 0. The van der Waals surface area contributed by atoms with E-state index in [4.69, 9.17) is 5.73 Å². The van der Waals surface area contributed by atoms with Crippen LogP contribution >= 0.6 is 0 Å². The fourth-order valence-electron chi connectivity index (χ4n) is 3.54. The Bertz CT molecular complexity index is 1120. The molecule has 6 heteroatoms. The third-order valence-electron chi connectivity index (χ3n) is 4.54. The molecule has 4 aromatic rings. The maximum Gasteiger partial charge on any atom is 0.212 e. The number of benzene rings is 2. The second kappa shape index (κ2) is 4.61. The zero-order valence-electron chi connectivity index (χ0n) is 13.1. The molecule has 118 valence electrons. The van der Waals surface area contributed by atoms with Crippen molar-refractivity contribution in [3.63, 3.8) is 0 Å². The van der Waals surface area contributed by atoms with E-state index in [0.717, 1.165) is 39.1 Å². The molecule has 24 heavy (non-hydrogen) atoms. The van der Waals surface area contributed by atoms with E-state index in [0.29, 0.717) is 5.96 Å². The highest BCUT2D eigenvalue weighted by molar-refractivity contribution is 5.95. The van der Waals surface area contributed by atoms with Crippen LogP contribution in [0.4, 0.5) is 5.95 Å². The van der Waals surface area contributed by atoms with Crippen molar-refractivity contribution in [2.75, 3.05) is 5.32 Å². The van der Waals surface area contributed by atoms with Gasteiger partial charge in [-0.2, -0.15) is 0 Å². The molecule has 0 fully saturated rings. The Morgan fingerprint density at radius 2 is 1.88 bits per heavy atom. The van der Waals surface area contributed by atoms with Gasteiger partial charge in [-0.25, -0.2) is 9.98 Å². The summed E-state index contributed by atoms with van der Waals surface area (Å²) in [6.45, 7) is 2.07. The molecule has 0 saturated heterocycles. The van der Waals surface area contributed by atoms with Crippen molar-refractivity contribution in [1.82, 2.24) is 14.5 Å². The number of anilines is 1. The Morgan fingerprint density at radius 1 is 1.08 bits per heavy atom. The molecule has 4 N–H and O–H groups in total. The van der Waals surface area contributed by atoms with E-state index >= 15 is 0 Å². The van der Waals surface area contributed by atoms with Gasteiger partial charge in [0.1, 0.15) is 0 Å². The fourth-order valence-corrected chi connectivity index (χ4v) is 3.54. The minimum atomic E-state index is -0.246. The molecule has 1 aliphatic rings. The van der Waals surface area contributed by atoms with Crippen LogP contribution in [0.1, 0.15) is 17.4 Å². The molecule has 2 aromatic heterocycles. The predicted molar refractivity (Wildman–Crippen MR) is 96.2 cm³/mol. The molecule has 1 aliphatic heterocycles. The van der Waals surface area contributed by atoms with Gasteiger partial charge in [0.2, 0.25) is 5.95 Å². The number of aromatic nitrogens is 3. The number of hydrogen-bond acceptors (Lipinski definition) is 4. The first-order chi connectivity index (χ1) is 11.7. The van der Waals surface area contributed by atoms with E-state index < -0.39 is 0 Å². The smallest absolute Gasteiger partial charge is 0.212 e. The van der Waals surface area contributed by atoms with Crippen molar-refractivity contribution in [1.29, 1.82) is 0 Å². The van der Waals surface area contributed by atoms with Crippen LogP contribution < -0.4 is 11.1 Å². The first-order valence-corrected chi connectivity index (χ1v) is 7.87. The molecular formula is C18H16N6. The molecule has 0 spiro atoms. The molecule has 5 rings (SSSR count). The van der Waals surface area contributed by atoms with E-state index in [2.05, 4.69) is 50.0 Å². The Labute approximate surface area is 138 Å². The van der Waals surface area contributed by atoms with Gasteiger partial charge in [-0.1, -0.05) is 30.3 Å². The summed E-state index contributed by atoms with van der Waals surface area (Å²) in [6, 6.07) is 16.3. The van der Waals surface area contributed by atoms with Crippen molar-refractivity contribution in [2.45, 2.75) is 13.1 Å². The Morgan fingerprint density at radius 3 is 2.79 bits per heavy atom. The number of imidazole rings is 1. The number of fused-ring (bicyclic) bond motifs is 4. The van der Waals surface area contributed by atoms with Crippen LogP contribution in [0.15, 0.2) is 53.5 Å². The third kappa shape index (κ3) is 1.70. The molecular weight excluding hydrogens is 300 g/mol. The second-order valence-electron chi connectivity index (χ2n) is 6.02. The summed E-state index contributed by atoms with van der Waals surface area (Å²) in [5.41, 5.74) is 11.3. The topological polar surface area (TPSA) is 84.0 Å². The predicted octanol–water partition coefficient (Wildman–Crippen LogP) is 3.11. The Kier molecular flexibility index (Phi) is 2.53. The van der Waals surface area contributed by atoms with E-state index in [1.807, 2.05) is 30.3 Å².